The van der Waals surface area contributed by atoms with E-state index in [4.69, 9.17) is 33.7 Å². The van der Waals surface area contributed by atoms with Crippen molar-refractivity contribution in [3.05, 3.63) is 16.1 Å². The molecule has 0 aliphatic carbocycles. The molecule has 4 nitrogen and oxygen atoms in total. The number of rotatable bonds is 2. The number of halogens is 2. The number of ether oxygens (including phenoxy) is 1. The van der Waals surface area contributed by atoms with Crippen molar-refractivity contribution in [1.29, 1.82) is 0 Å². The quantitative estimate of drug-likeness (QED) is 0.877. The molecule has 1 saturated heterocycles. The van der Waals surface area contributed by atoms with E-state index < -0.39 is 0 Å². The van der Waals surface area contributed by atoms with Gasteiger partial charge < -0.3 is 15.8 Å². The number of anilines is 2. The van der Waals surface area contributed by atoms with Gasteiger partial charge in [-0.25, -0.2) is 4.98 Å². The molecule has 1 atom stereocenters. The lowest BCUT2D eigenvalue weighted by molar-refractivity contribution is -0.0553. The highest BCUT2D eigenvalue weighted by Gasteiger charge is 2.29. The second-order valence-corrected chi connectivity index (χ2v) is 5.94. The van der Waals surface area contributed by atoms with E-state index in [9.17, 15) is 0 Å². The van der Waals surface area contributed by atoms with Crippen molar-refractivity contribution >= 4 is 34.8 Å². The van der Waals surface area contributed by atoms with Crippen molar-refractivity contribution in [2.75, 3.05) is 17.7 Å². The topological polar surface area (TPSA) is 60.2 Å². The summed E-state index contributed by atoms with van der Waals surface area (Å²) in [5, 5.41) is 4.17. The highest BCUT2D eigenvalue weighted by molar-refractivity contribution is 6.37. The lowest BCUT2D eigenvalue weighted by Crippen LogP contribution is -2.40. The maximum atomic E-state index is 6.10. The van der Waals surface area contributed by atoms with Gasteiger partial charge in [-0.15, -0.1) is 0 Å². The van der Waals surface area contributed by atoms with Crippen molar-refractivity contribution in [3.63, 3.8) is 0 Å². The Morgan fingerprint density at radius 1 is 1.44 bits per heavy atom. The Balaban J connectivity index is 2.12. The highest BCUT2D eigenvalue weighted by Crippen LogP contribution is 2.31. The molecular weight excluding hydrogens is 273 g/mol. The van der Waals surface area contributed by atoms with Crippen molar-refractivity contribution in [2.24, 2.45) is 0 Å². The maximum Gasteiger partial charge on any atom is 0.147 e. The van der Waals surface area contributed by atoms with Crippen molar-refractivity contribution < 1.29 is 4.74 Å². The first-order chi connectivity index (χ1) is 8.37. The number of nitrogens with one attached hydrogen (secondary N) is 1. The fourth-order valence-electron chi connectivity index (χ4n) is 2.13. The zero-order valence-electron chi connectivity index (χ0n) is 10.5. The lowest BCUT2D eigenvalue weighted by atomic mass is 9.94. The Labute approximate surface area is 117 Å². The number of hydrogen-bond acceptors (Lipinski definition) is 4. The lowest BCUT2D eigenvalue weighted by Gasteiger charge is -2.36. The van der Waals surface area contributed by atoms with Gasteiger partial charge in [0.25, 0.3) is 0 Å². The van der Waals surface area contributed by atoms with Crippen molar-refractivity contribution in [1.82, 2.24) is 4.98 Å². The van der Waals surface area contributed by atoms with Gasteiger partial charge in [0.05, 0.1) is 15.6 Å². The molecule has 0 aromatic carbocycles. The van der Waals surface area contributed by atoms with E-state index in [1.165, 1.54) is 0 Å². The molecule has 1 unspecified atom stereocenters. The fraction of sp³-hybridized carbons (Fsp3) is 0.583. The molecular formula is C12H17Cl2N3O. The van der Waals surface area contributed by atoms with Crippen LogP contribution in [0.25, 0.3) is 0 Å². The molecule has 1 aliphatic heterocycles. The third-order valence-electron chi connectivity index (χ3n) is 2.99. The third kappa shape index (κ3) is 3.19. The van der Waals surface area contributed by atoms with E-state index in [2.05, 4.69) is 24.1 Å². The maximum absolute atomic E-state index is 6.10. The van der Waals surface area contributed by atoms with E-state index in [0.717, 1.165) is 19.4 Å². The number of nitrogen functional groups attached to an aromatic ring is 1. The number of nitrogens with zero attached hydrogens (tertiary/aromatic N) is 1. The van der Waals surface area contributed by atoms with Gasteiger partial charge in [0, 0.05) is 12.6 Å². The van der Waals surface area contributed by atoms with Gasteiger partial charge in [0.15, 0.2) is 0 Å². The van der Waals surface area contributed by atoms with Gasteiger partial charge >= 0.3 is 0 Å². The third-order valence-corrected chi connectivity index (χ3v) is 3.59. The van der Waals surface area contributed by atoms with E-state index in [1.807, 2.05) is 0 Å². The van der Waals surface area contributed by atoms with Crippen LogP contribution in [0.4, 0.5) is 11.6 Å². The van der Waals surface area contributed by atoms with Crippen molar-refractivity contribution in [2.45, 2.75) is 38.3 Å². The van der Waals surface area contributed by atoms with Gasteiger partial charge in [-0.05, 0) is 32.8 Å². The standard InChI is InChI=1S/C12H17Cl2N3O/c1-12(2)6-7(3-4-18-12)16-11-9(14)5-8(13)10(15)17-11/h5,7H,3-4,6H2,1-2H3,(H3,15,16,17). The molecule has 0 saturated carbocycles. The smallest absolute Gasteiger partial charge is 0.147 e. The van der Waals surface area contributed by atoms with Gasteiger partial charge in [-0.3, -0.25) is 0 Å². The number of nitrogens with two attached hydrogens (primary N) is 1. The molecule has 3 N–H and O–H groups in total. The largest absolute Gasteiger partial charge is 0.382 e. The molecule has 2 rings (SSSR count). The molecule has 100 valence electrons. The number of hydrogen-bond donors (Lipinski definition) is 2. The Hall–Kier alpha value is -0.710. The molecule has 0 radical (unpaired) electrons. The second-order valence-electron chi connectivity index (χ2n) is 5.13. The first kappa shape index (κ1) is 13.7. The molecule has 0 amide bonds. The van der Waals surface area contributed by atoms with Crippen LogP contribution in [0.1, 0.15) is 26.7 Å². The Bertz CT molecular complexity index is 451. The fourth-order valence-corrected chi connectivity index (χ4v) is 2.54. The normalized spacial score (nSPS) is 22.8. The first-order valence-electron chi connectivity index (χ1n) is 5.89. The van der Waals surface area contributed by atoms with Crippen LogP contribution in [0.3, 0.4) is 0 Å². The highest BCUT2D eigenvalue weighted by atomic mass is 35.5. The summed E-state index contributed by atoms with van der Waals surface area (Å²) in [5.74, 6) is 0.871. The molecule has 1 aliphatic rings. The zero-order valence-corrected chi connectivity index (χ0v) is 12.0. The zero-order chi connectivity index (χ0) is 13.3. The number of pyridine rings is 1. The summed E-state index contributed by atoms with van der Waals surface area (Å²) in [7, 11) is 0. The second kappa shape index (κ2) is 5.11. The summed E-state index contributed by atoms with van der Waals surface area (Å²) in [6, 6.07) is 1.89. The average Bonchev–Trinajstić information content (AvgIpc) is 2.24. The molecule has 1 fully saturated rings. The van der Waals surface area contributed by atoms with Crippen LogP contribution in [0.2, 0.25) is 10.0 Å². The van der Waals surface area contributed by atoms with E-state index in [1.54, 1.807) is 6.07 Å². The average molecular weight is 290 g/mol. The predicted molar refractivity (Wildman–Crippen MR) is 75.3 cm³/mol. The molecule has 6 heteroatoms. The van der Waals surface area contributed by atoms with Crippen LogP contribution < -0.4 is 11.1 Å². The Morgan fingerprint density at radius 2 is 2.17 bits per heavy atom. The molecule has 1 aromatic rings. The van der Waals surface area contributed by atoms with Crippen LogP contribution in [0.15, 0.2) is 6.07 Å². The van der Waals surface area contributed by atoms with E-state index in [-0.39, 0.29) is 17.5 Å². The van der Waals surface area contributed by atoms with Gasteiger partial charge in [-0.1, -0.05) is 23.2 Å². The Kier molecular flexibility index (Phi) is 3.90. The summed E-state index contributed by atoms with van der Waals surface area (Å²) in [4.78, 5) is 4.18. The first-order valence-corrected chi connectivity index (χ1v) is 6.65. The molecule has 2 heterocycles. The van der Waals surface area contributed by atoms with Crippen LogP contribution in [0, 0.1) is 0 Å². The monoisotopic (exact) mass is 289 g/mol. The SMILES string of the molecule is CC1(C)CC(Nc2nc(N)c(Cl)cc2Cl)CCO1. The summed E-state index contributed by atoms with van der Waals surface area (Å²) in [5.41, 5.74) is 5.56. The van der Waals surface area contributed by atoms with Gasteiger partial charge in [0.1, 0.15) is 11.6 Å². The molecule has 18 heavy (non-hydrogen) atoms. The Morgan fingerprint density at radius 3 is 2.83 bits per heavy atom. The van der Waals surface area contributed by atoms with E-state index >= 15 is 0 Å². The van der Waals surface area contributed by atoms with Crippen LogP contribution >= 0.6 is 23.2 Å². The summed E-state index contributed by atoms with van der Waals surface area (Å²) in [6.07, 6.45) is 1.82. The van der Waals surface area contributed by atoms with Gasteiger partial charge in [0.2, 0.25) is 0 Å². The van der Waals surface area contributed by atoms with Crippen LogP contribution in [0.5, 0.6) is 0 Å². The van der Waals surface area contributed by atoms with Crippen LogP contribution in [-0.4, -0.2) is 23.2 Å². The molecule has 0 bridgehead atoms. The summed E-state index contributed by atoms with van der Waals surface area (Å²) in [6.45, 7) is 4.88. The van der Waals surface area contributed by atoms with Crippen molar-refractivity contribution in [3.8, 4) is 0 Å². The minimum Gasteiger partial charge on any atom is -0.382 e. The summed E-state index contributed by atoms with van der Waals surface area (Å²) >= 11 is 11.9. The predicted octanol–water partition coefficient (Wildman–Crippen LogP) is 3.34. The minimum absolute atomic E-state index is 0.125. The minimum atomic E-state index is -0.125. The van der Waals surface area contributed by atoms with Crippen LogP contribution in [-0.2, 0) is 4.74 Å². The number of aromatic nitrogens is 1. The van der Waals surface area contributed by atoms with E-state index in [0.29, 0.717) is 15.9 Å². The van der Waals surface area contributed by atoms with Gasteiger partial charge in [-0.2, -0.15) is 0 Å². The molecule has 0 spiro atoms. The molecule has 1 aromatic heterocycles. The summed E-state index contributed by atoms with van der Waals surface area (Å²) < 4.78 is 5.67.